The van der Waals surface area contributed by atoms with Crippen LogP contribution in [0.1, 0.15) is 12.8 Å². The lowest BCUT2D eigenvalue weighted by atomic mass is 10.2. The van der Waals surface area contributed by atoms with E-state index < -0.39 is 28.2 Å². The Kier molecular flexibility index (Phi) is 8.90. The lowest BCUT2D eigenvalue weighted by molar-refractivity contribution is -0.192. The van der Waals surface area contributed by atoms with Gasteiger partial charge in [-0.1, -0.05) is 11.6 Å². The molecule has 1 aliphatic heterocycles. The van der Waals surface area contributed by atoms with Gasteiger partial charge in [-0.05, 0) is 53.0 Å². The van der Waals surface area contributed by atoms with Gasteiger partial charge in [0.15, 0.2) is 0 Å². The van der Waals surface area contributed by atoms with Crippen molar-refractivity contribution in [3.05, 3.63) is 56.3 Å². The van der Waals surface area contributed by atoms with Crippen molar-refractivity contribution < 1.29 is 35.9 Å². The smallest absolute Gasteiger partial charge is 0.475 e. The van der Waals surface area contributed by atoms with Crippen molar-refractivity contribution >= 4 is 71.7 Å². The lowest BCUT2D eigenvalue weighted by Crippen LogP contribution is -2.33. The third-order valence-corrected chi connectivity index (χ3v) is 8.00. The van der Waals surface area contributed by atoms with Crippen LogP contribution in [-0.4, -0.2) is 52.6 Å². The molecule has 0 aliphatic carbocycles. The highest BCUT2D eigenvalue weighted by atomic mass is 79.9. The van der Waals surface area contributed by atoms with E-state index >= 15 is 0 Å². The van der Waals surface area contributed by atoms with Crippen LogP contribution in [-0.2, 0) is 22.1 Å². The summed E-state index contributed by atoms with van der Waals surface area (Å²) >= 11 is 9.75. The number of nitrogens with zero attached hydrogens (tertiary/aromatic N) is 3. The van der Waals surface area contributed by atoms with Crippen LogP contribution in [0, 0.1) is 5.82 Å². The van der Waals surface area contributed by atoms with Crippen molar-refractivity contribution in [2.45, 2.75) is 19.0 Å². The quantitative estimate of drug-likeness (QED) is 0.345. The van der Waals surface area contributed by atoms with Crippen molar-refractivity contribution in [3.63, 3.8) is 0 Å². The maximum Gasteiger partial charge on any atom is 0.490 e. The Bertz CT molecular complexity index is 1550. The van der Waals surface area contributed by atoms with Crippen molar-refractivity contribution in [1.82, 2.24) is 13.9 Å². The molecule has 0 spiro atoms. The van der Waals surface area contributed by atoms with Gasteiger partial charge in [0.25, 0.3) is 5.56 Å². The van der Waals surface area contributed by atoms with Gasteiger partial charge in [-0.2, -0.15) is 25.9 Å². The van der Waals surface area contributed by atoms with Gasteiger partial charge in [0, 0.05) is 20.1 Å². The molecule has 3 aromatic rings. The molecular formula is C21H19BrClF4N5O5S. The fourth-order valence-electron chi connectivity index (χ4n) is 3.36. The van der Waals surface area contributed by atoms with Crippen LogP contribution < -0.4 is 15.6 Å². The van der Waals surface area contributed by atoms with Crippen molar-refractivity contribution in [2.24, 2.45) is 7.05 Å². The highest BCUT2D eigenvalue weighted by Crippen LogP contribution is 2.38. The van der Waals surface area contributed by atoms with E-state index in [4.69, 9.17) is 21.5 Å². The van der Waals surface area contributed by atoms with Gasteiger partial charge in [0.2, 0.25) is 0 Å². The largest absolute Gasteiger partial charge is 0.490 e. The SMILES string of the molecule is Cn1cnc2ccc(Nc3c(F)ccc(NS(=O)(=O)N4CCCC4)c3Cl)c(Br)c2c1=O.O=C(O)C(F)(F)F. The molecule has 2 aromatic carbocycles. The Balaban J connectivity index is 0.000000505. The lowest BCUT2D eigenvalue weighted by Gasteiger charge is -2.19. The number of rotatable bonds is 5. The Morgan fingerprint density at radius 3 is 2.32 bits per heavy atom. The van der Waals surface area contributed by atoms with Crippen molar-refractivity contribution in [2.75, 3.05) is 23.1 Å². The van der Waals surface area contributed by atoms with Crippen molar-refractivity contribution in [1.29, 1.82) is 0 Å². The molecule has 17 heteroatoms. The molecule has 3 N–H and O–H groups in total. The fourth-order valence-corrected chi connectivity index (χ4v) is 5.59. The third kappa shape index (κ3) is 6.54. The number of benzene rings is 2. The number of halogens is 6. The average Bonchev–Trinajstić information content (AvgIpc) is 3.38. The molecule has 0 atom stereocenters. The first-order chi connectivity index (χ1) is 17.6. The van der Waals surface area contributed by atoms with E-state index in [1.807, 2.05) is 0 Å². The van der Waals surface area contributed by atoms with Gasteiger partial charge < -0.3 is 15.0 Å². The molecule has 2 heterocycles. The van der Waals surface area contributed by atoms with Gasteiger partial charge in [0.05, 0.1) is 43.8 Å². The van der Waals surface area contributed by atoms with Crippen LogP contribution in [0.2, 0.25) is 5.02 Å². The molecule has 1 aliphatic rings. The van der Waals surface area contributed by atoms with Crippen LogP contribution in [0.15, 0.2) is 39.9 Å². The van der Waals surface area contributed by atoms with E-state index in [1.165, 1.54) is 21.3 Å². The number of carbonyl (C=O) groups is 1. The molecule has 1 fully saturated rings. The van der Waals surface area contributed by atoms with Gasteiger partial charge >= 0.3 is 22.4 Å². The molecule has 1 aromatic heterocycles. The number of alkyl halides is 3. The summed E-state index contributed by atoms with van der Waals surface area (Å²) in [7, 11) is -2.22. The Labute approximate surface area is 226 Å². The third-order valence-electron chi connectivity index (χ3n) is 5.26. The first-order valence-electron chi connectivity index (χ1n) is 10.6. The summed E-state index contributed by atoms with van der Waals surface area (Å²) in [4.78, 5) is 25.6. The van der Waals surface area contributed by atoms with Gasteiger partial charge in [-0.25, -0.2) is 14.2 Å². The molecule has 0 saturated carbocycles. The number of carboxylic acids is 1. The van der Waals surface area contributed by atoms with E-state index in [9.17, 15) is 30.8 Å². The Hall–Kier alpha value is -2.95. The summed E-state index contributed by atoms with van der Waals surface area (Å²) in [6.07, 6.45) is -2.10. The summed E-state index contributed by atoms with van der Waals surface area (Å²) in [6.45, 7) is 0.846. The molecule has 38 heavy (non-hydrogen) atoms. The second-order valence-corrected chi connectivity index (χ2v) is 10.7. The first-order valence-corrected chi connectivity index (χ1v) is 13.2. The van der Waals surface area contributed by atoms with Crippen molar-refractivity contribution in [3.8, 4) is 0 Å². The maximum atomic E-state index is 14.6. The van der Waals surface area contributed by atoms with Gasteiger partial charge in [-0.3, -0.25) is 9.52 Å². The first kappa shape index (κ1) is 29.6. The minimum absolute atomic E-state index is 0.0481. The summed E-state index contributed by atoms with van der Waals surface area (Å²) in [5.41, 5.74) is 0.493. The van der Waals surface area contributed by atoms with Crippen LogP contribution in [0.4, 0.5) is 34.6 Å². The number of fused-ring (bicyclic) bond motifs is 1. The van der Waals surface area contributed by atoms with Crippen LogP contribution in [0.5, 0.6) is 0 Å². The highest BCUT2D eigenvalue weighted by Gasteiger charge is 2.38. The monoisotopic (exact) mass is 643 g/mol. The molecule has 10 nitrogen and oxygen atoms in total. The topological polar surface area (TPSA) is 134 Å². The molecule has 4 rings (SSSR count). The Morgan fingerprint density at radius 2 is 1.74 bits per heavy atom. The summed E-state index contributed by atoms with van der Waals surface area (Å²) in [5.74, 6) is -3.44. The van der Waals surface area contributed by atoms with Crippen LogP contribution in [0.3, 0.4) is 0 Å². The zero-order valence-corrected chi connectivity index (χ0v) is 22.5. The predicted octanol–water partition coefficient (Wildman–Crippen LogP) is 4.62. The summed E-state index contributed by atoms with van der Waals surface area (Å²) < 4.78 is 77.0. The number of anilines is 3. The number of hydrogen-bond acceptors (Lipinski definition) is 6. The fraction of sp³-hybridized carbons (Fsp3) is 0.286. The van der Waals surface area contributed by atoms with Gasteiger partial charge in [-0.15, -0.1) is 0 Å². The molecule has 206 valence electrons. The highest BCUT2D eigenvalue weighted by molar-refractivity contribution is 9.10. The van der Waals surface area contributed by atoms with E-state index in [1.54, 1.807) is 19.2 Å². The normalized spacial score (nSPS) is 14.2. The number of nitrogens with one attached hydrogen (secondary N) is 2. The Morgan fingerprint density at radius 1 is 1.16 bits per heavy atom. The van der Waals surface area contributed by atoms with E-state index in [2.05, 4.69) is 31.0 Å². The van der Waals surface area contributed by atoms with E-state index in [0.29, 0.717) is 34.2 Å². The minimum Gasteiger partial charge on any atom is -0.475 e. The second kappa shape index (κ2) is 11.4. The molecular weight excluding hydrogens is 626 g/mol. The number of aromatic nitrogens is 2. The number of carboxylic acid groups (broad SMARTS) is 1. The summed E-state index contributed by atoms with van der Waals surface area (Å²) in [5, 5.41) is 10.2. The van der Waals surface area contributed by atoms with Gasteiger partial charge in [0.1, 0.15) is 5.82 Å². The predicted molar refractivity (Wildman–Crippen MR) is 136 cm³/mol. The number of hydrogen-bond donors (Lipinski definition) is 3. The standard InChI is InChI=1S/C19H18BrClFN5O3S.C2HF3O2/c1-26-10-23-12-6-7-13(16(20)15(12)19(26)28)24-18-11(22)4-5-14(17(18)21)25-31(29,30)27-8-2-3-9-27;3-2(4,5)1(6)7/h4-7,10,24-25H,2-3,8-9H2,1H3;(H,6,7). The molecule has 1 saturated heterocycles. The van der Waals surface area contributed by atoms with E-state index in [-0.39, 0.29) is 22.0 Å². The second-order valence-electron chi connectivity index (χ2n) is 7.91. The number of aliphatic carboxylic acids is 1. The molecule has 0 unspecified atom stereocenters. The molecule has 0 radical (unpaired) electrons. The maximum absolute atomic E-state index is 14.6. The zero-order chi connectivity index (χ0) is 28.4. The van der Waals surface area contributed by atoms with Crippen LogP contribution >= 0.6 is 27.5 Å². The summed E-state index contributed by atoms with van der Waals surface area (Å²) in [6, 6.07) is 5.63. The molecule has 0 amide bonds. The zero-order valence-electron chi connectivity index (χ0n) is 19.3. The molecule has 0 bridgehead atoms. The average molecular weight is 645 g/mol. The van der Waals surface area contributed by atoms with Crippen LogP contribution in [0.25, 0.3) is 10.9 Å². The van der Waals surface area contributed by atoms with E-state index in [0.717, 1.165) is 18.9 Å². The minimum atomic E-state index is -5.08. The number of aryl methyl sites for hydroxylation is 1.